The Kier molecular flexibility index (Phi) is 1.48. The van der Waals surface area contributed by atoms with Crippen molar-refractivity contribution in [1.29, 1.82) is 0 Å². The summed E-state index contributed by atoms with van der Waals surface area (Å²) in [5, 5.41) is 9.10. The molecule has 0 aliphatic heterocycles. The first-order chi connectivity index (χ1) is 5.31. The third-order valence-corrected chi connectivity index (χ3v) is 5.37. The standard InChI is InChI=1S/C10H17ClO/c1-8(2)7-4-5-9(8,3)10(11,12)6-7/h7,12H,4-6H2,1-3H3. The second-order valence-corrected chi connectivity index (χ2v) is 5.88. The molecule has 0 aromatic carbocycles. The maximum absolute atomic E-state index is 10.0. The Labute approximate surface area is 79.1 Å². The molecular formula is C10H17ClO. The minimum atomic E-state index is -0.945. The zero-order chi connectivity index (χ0) is 9.20. The van der Waals surface area contributed by atoms with Crippen molar-refractivity contribution in [3.05, 3.63) is 0 Å². The third kappa shape index (κ3) is 0.706. The van der Waals surface area contributed by atoms with Crippen molar-refractivity contribution < 1.29 is 5.11 Å². The smallest absolute Gasteiger partial charge is 0.144 e. The van der Waals surface area contributed by atoms with Crippen molar-refractivity contribution in [2.24, 2.45) is 16.7 Å². The number of alkyl halides is 1. The summed E-state index contributed by atoms with van der Waals surface area (Å²) in [7, 11) is 0. The maximum Gasteiger partial charge on any atom is 0.144 e. The van der Waals surface area contributed by atoms with Gasteiger partial charge in [-0.05, 0) is 30.6 Å². The van der Waals surface area contributed by atoms with E-state index in [2.05, 4.69) is 20.8 Å². The summed E-state index contributed by atoms with van der Waals surface area (Å²) in [6.45, 7) is 6.61. The molecule has 3 unspecified atom stereocenters. The highest BCUT2D eigenvalue weighted by Gasteiger charge is 2.67. The molecule has 2 heteroatoms. The Morgan fingerprint density at radius 3 is 2.08 bits per heavy atom. The van der Waals surface area contributed by atoms with E-state index in [0.717, 1.165) is 12.8 Å². The van der Waals surface area contributed by atoms with Crippen LogP contribution in [0.1, 0.15) is 40.0 Å². The molecule has 2 rings (SSSR count). The van der Waals surface area contributed by atoms with Crippen molar-refractivity contribution in [2.45, 2.75) is 45.1 Å². The van der Waals surface area contributed by atoms with E-state index >= 15 is 0 Å². The molecule has 0 amide bonds. The van der Waals surface area contributed by atoms with Gasteiger partial charge >= 0.3 is 0 Å². The van der Waals surface area contributed by atoms with Gasteiger partial charge in [0.1, 0.15) is 5.06 Å². The number of aliphatic hydroxyl groups is 1. The van der Waals surface area contributed by atoms with E-state index in [1.807, 2.05) is 0 Å². The van der Waals surface area contributed by atoms with Gasteiger partial charge in [0.2, 0.25) is 0 Å². The summed E-state index contributed by atoms with van der Waals surface area (Å²) in [5.74, 6) is 0.616. The van der Waals surface area contributed by atoms with Crippen molar-refractivity contribution in [1.82, 2.24) is 0 Å². The van der Waals surface area contributed by atoms with Gasteiger partial charge in [0.15, 0.2) is 0 Å². The zero-order valence-corrected chi connectivity index (χ0v) is 8.78. The van der Waals surface area contributed by atoms with E-state index in [1.54, 1.807) is 0 Å². The predicted molar refractivity (Wildman–Crippen MR) is 50.0 cm³/mol. The predicted octanol–water partition coefficient (Wildman–Crippen LogP) is 2.76. The monoisotopic (exact) mass is 188 g/mol. The molecule has 0 radical (unpaired) electrons. The van der Waals surface area contributed by atoms with Gasteiger partial charge in [-0.2, -0.15) is 0 Å². The molecule has 0 spiro atoms. The van der Waals surface area contributed by atoms with Crippen LogP contribution in [-0.2, 0) is 0 Å². The minimum Gasteiger partial charge on any atom is -0.374 e. The van der Waals surface area contributed by atoms with Gasteiger partial charge in [-0.15, -0.1) is 0 Å². The average Bonchev–Trinajstić information content (AvgIpc) is 2.18. The van der Waals surface area contributed by atoms with Gasteiger partial charge < -0.3 is 5.11 Å². The van der Waals surface area contributed by atoms with E-state index in [1.165, 1.54) is 6.42 Å². The molecule has 70 valence electrons. The normalized spacial score (nSPS) is 56.2. The minimum absolute atomic E-state index is 0.0772. The first kappa shape index (κ1) is 8.83. The Balaban J connectivity index is 2.47. The number of rotatable bonds is 0. The van der Waals surface area contributed by atoms with Gasteiger partial charge in [-0.3, -0.25) is 0 Å². The molecule has 0 saturated heterocycles. The Morgan fingerprint density at radius 1 is 1.33 bits per heavy atom. The van der Waals surface area contributed by atoms with Gasteiger partial charge in [-0.1, -0.05) is 32.4 Å². The molecule has 1 N–H and O–H groups in total. The van der Waals surface area contributed by atoms with Crippen molar-refractivity contribution >= 4 is 11.6 Å². The van der Waals surface area contributed by atoms with Crippen LogP contribution >= 0.6 is 11.6 Å². The quantitative estimate of drug-likeness (QED) is 0.580. The van der Waals surface area contributed by atoms with Crippen LogP contribution < -0.4 is 0 Å². The molecule has 2 fully saturated rings. The highest BCUT2D eigenvalue weighted by molar-refractivity contribution is 6.23. The van der Waals surface area contributed by atoms with Crippen LogP contribution in [0, 0.1) is 16.7 Å². The van der Waals surface area contributed by atoms with Crippen LogP contribution in [0.15, 0.2) is 0 Å². The molecule has 0 heterocycles. The first-order valence-corrected chi connectivity index (χ1v) is 5.10. The van der Waals surface area contributed by atoms with Crippen LogP contribution in [0.5, 0.6) is 0 Å². The molecular weight excluding hydrogens is 172 g/mol. The zero-order valence-electron chi connectivity index (χ0n) is 8.02. The summed E-state index contributed by atoms with van der Waals surface area (Å²) in [4.78, 5) is 0. The summed E-state index contributed by atoms with van der Waals surface area (Å²) in [6.07, 6.45) is 3.08. The highest BCUT2D eigenvalue weighted by atomic mass is 35.5. The number of halogens is 1. The van der Waals surface area contributed by atoms with E-state index in [-0.39, 0.29) is 10.8 Å². The maximum atomic E-state index is 10.0. The Bertz CT molecular complexity index is 222. The topological polar surface area (TPSA) is 20.2 Å². The molecule has 2 aliphatic carbocycles. The summed E-state index contributed by atoms with van der Waals surface area (Å²) >= 11 is 6.15. The largest absolute Gasteiger partial charge is 0.374 e. The van der Waals surface area contributed by atoms with E-state index in [0.29, 0.717) is 5.92 Å². The number of fused-ring (bicyclic) bond motifs is 2. The molecule has 2 bridgehead atoms. The lowest BCUT2D eigenvalue weighted by Crippen LogP contribution is -2.42. The van der Waals surface area contributed by atoms with Crippen LogP contribution in [0.3, 0.4) is 0 Å². The fourth-order valence-corrected chi connectivity index (χ4v) is 3.71. The molecule has 0 aromatic rings. The van der Waals surface area contributed by atoms with Crippen LogP contribution in [0.2, 0.25) is 0 Å². The molecule has 2 aliphatic rings. The fraction of sp³-hybridized carbons (Fsp3) is 1.00. The SMILES string of the molecule is CC1(C)C2CCC1(C)C(O)(Cl)C2. The van der Waals surface area contributed by atoms with E-state index in [9.17, 15) is 5.11 Å². The lowest BCUT2D eigenvalue weighted by molar-refractivity contribution is -0.0226. The van der Waals surface area contributed by atoms with E-state index < -0.39 is 5.06 Å². The van der Waals surface area contributed by atoms with Crippen LogP contribution in [0.25, 0.3) is 0 Å². The van der Waals surface area contributed by atoms with Gasteiger partial charge in [0.25, 0.3) is 0 Å². The van der Waals surface area contributed by atoms with Crippen molar-refractivity contribution in [3.63, 3.8) is 0 Å². The molecule has 12 heavy (non-hydrogen) atoms. The second kappa shape index (κ2) is 2.01. The number of hydrogen-bond donors (Lipinski definition) is 1. The first-order valence-electron chi connectivity index (χ1n) is 4.72. The molecule has 0 aromatic heterocycles. The Morgan fingerprint density at radius 2 is 1.92 bits per heavy atom. The van der Waals surface area contributed by atoms with Crippen LogP contribution in [0.4, 0.5) is 0 Å². The number of hydrogen-bond acceptors (Lipinski definition) is 1. The van der Waals surface area contributed by atoms with Gasteiger partial charge in [-0.25, -0.2) is 0 Å². The fourth-order valence-electron chi connectivity index (χ4n) is 3.19. The van der Waals surface area contributed by atoms with E-state index in [4.69, 9.17) is 11.6 Å². The van der Waals surface area contributed by atoms with Crippen LogP contribution in [-0.4, -0.2) is 10.2 Å². The molecule has 2 saturated carbocycles. The van der Waals surface area contributed by atoms with Gasteiger partial charge in [0.05, 0.1) is 0 Å². The third-order valence-electron chi connectivity index (χ3n) is 4.80. The molecule has 1 nitrogen and oxygen atoms in total. The lowest BCUT2D eigenvalue weighted by atomic mass is 9.70. The van der Waals surface area contributed by atoms with Crippen molar-refractivity contribution in [3.8, 4) is 0 Å². The molecule has 3 atom stereocenters. The second-order valence-electron chi connectivity index (χ2n) is 5.25. The summed E-state index contributed by atoms with van der Waals surface area (Å²) in [6, 6.07) is 0. The lowest BCUT2D eigenvalue weighted by Gasteiger charge is -2.41. The highest BCUT2D eigenvalue weighted by Crippen LogP contribution is 2.70. The Hall–Kier alpha value is 0.250. The van der Waals surface area contributed by atoms with Crippen molar-refractivity contribution in [2.75, 3.05) is 0 Å². The summed E-state index contributed by atoms with van der Waals surface area (Å²) in [5.41, 5.74) is 0.135. The van der Waals surface area contributed by atoms with Gasteiger partial charge in [0, 0.05) is 5.41 Å². The summed E-state index contributed by atoms with van der Waals surface area (Å²) < 4.78 is 0. The average molecular weight is 189 g/mol.